The SMILES string of the molecule is CC(CC(=O)O)OC(=O)[C@@H](N)C(C)(C)O. The third kappa shape index (κ3) is 5.34. The molecule has 0 aliphatic heterocycles. The van der Waals surface area contributed by atoms with Crippen LogP contribution in [-0.2, 0) is 14.3 Å². The predicted molar refractivity (Wildman–Crippen MR) is 52.1 cm³/mol. The lowest BCUT2D eigenvalue weighted by Gasteiger charge is -2.25. The van der Waals surface area contributed by atoms with Crippen LogP contribution in [0.25, 0.3) is 0 Å². The molecule has 0 rings (SSSR count). The van der Waals surface area contributed by atoms with Gasteiger partial charge in [-0.1, -0.05) is 0 Å². The second-order valence-corrected chi connectivity index (χ2v) is 3.98. The molecular formula is C9H17NO5. The summed E-state index contributed by atoms with van der Waals surface area (Å²) in [5, 5.41) is 17.8. The van der Waals surface area contributed by atoms with Gasteiger partial charge in [0.2, 0.25) is 0 Å². The normalized spacial score (nSPS) is 15.5. The van der Waals surface area contributed by atoms with Crippen LogP contribution in [0.5, 0.6) is 0 Å². The number of hydrogen-bond donors (Lipinski definition) is 3. The van der Waals surface area contributed by atoms with Gasteiger partial charge in [0.15, 0.2) is 0 Å². The van der Waals surface area contributed by atoms with Crippen molar-refractivity contribution in [3.8, 4) is 0 Å². The molecule has 0 radical (unpaired) electrons. The Morgan fingerprint density at radius 3 is 2.27 bits per heavy atom. The summed E-state index contributed by atoms with van der Waals surface area (Å²) in [5.41, 5.74) is 4.01. The van der Waals surface area contributed by atoms with Crippen molar-refractivity contribution in [1.29, 1.82) is 0 Å². The van der Waals surface area contributed by atoms with Gasteiger partial charge in [0.05, 0.1) is 12.0 Å². The second kappa shape index (κ2) is 5.09. The number of hydrogen-bond acceptors (Lipinski definition) is 5. The van der Waals surface area contributed by atoms with Gasteiger partial charge in [-0.05, 0) is 20.8 Å². The number of carboxylic acid groups (broad SMARTS) is 1. The van der Waals surface area contributed by atoms with Crippen LogP contribution in [0.15, 0.2) is 0 Å². The Labute approximate surface area is 88.0 Å². The van der Waals surface area contributed by atoms with Gasteiger partial charge >= 0.3 is 11.9 Å². The zero-order valence-corrected chi connectivity index (χ0v) is 9.06. The van der Waals surface area contributed by atoms with Crippen LogP contribution in [0.2, 0.25) is 0 Å². The molecule has 1 unspecified atom stereocenters. The molecule has 2 atom stereocenters. The minimum atomic E-state index is -1.39. The zero-order valence-electron chi connectivity index (χ0n) is 9.06. The molecule has 88 valence electrons. The number of esters is 1. The molecule has 0 aromatic heterocycles. The zero-order chi connectivity index (χ0) is 12.2. The summed E-state index contributed by atoms with van der Waals surface area (Å²) in [5.74, 6) is -1.87. The van der Waals surface area contributed by atoms with E-state index in [1.807, 2.05) is 0 Å². The highest BCUT2D eigenvalue weighted by Gasteiger charge is 2.32. The summed E-state index contributed by atoms with van der Waals surface area (Å²) in [7, 11) is 0. The largest absolute Gasteiger partial charge is 0.481 e. The average molecular weight is 219 g/mol. The molecule has 0 amide bonds. The predicted octanol–water partition coefficient (Wildman–Crippen LogP) is -0.509. The fraction of sp³-hybridized carbons (Fsp3) is 0.778. The number of aliphatic hydroxyl groups is 1. The van der Waals surface area contributed by atoms with Crippen molar-refractivity contribution in [3.05, 3.63) is 0 Å². The fourth-order valence-corrected chi connectivity index (χ4v) is 0.848. The number of aliphatic carboxylic acids is 1. The van der Waals surface area contributed by atoms with E-state index in [1.165, 1.54) is 20.8 Å². The van der Waals surface area contributed by atoms with Crippen LogP contribution in [-0.4, -0.2) is 39.9 Å². The number of rotatable bonds is 5. The Balaban J connectivity index is 4.19. The lowest BCUT2D eigenvalue weighted by atomic mass is 10.0. The Kier molecular flexibility index (Phi) is 4.70. The van der Waals surface area contributed by atoms with E-state index in [2.05, 4.69) is 0 Å². The molecule has 0 aromatic carbocycles. The van der Waals surface area contributed by atoms with Gasteiger partial charge in [0.25, 0.3) is 0 Å². The van der Waals surface area contributed by atoms with E-state index >= 15 is 0 Å². The van der Waals surface area contributed by atoms with E-state index in [-0.39, 0.29) is 6.42 Å². The van der Waals surface area contributed by atoms with E-state index in [0.29, 0.717) is 0 Å². The number of nitrogens with two attached hydrogens (primary N) is 1. The van der Waals surface area contributed by atoms with Crippen molar-refractivity contribution in [1.82, 2.24) is 0 Å². The maximum Gasteiger partial charge on any atom is 0.326 e. The minimum Gasteiger partial charge on any atom is -0.481 e. The van der Waals surface area contributed by atoms with E-state index in [9.17, 15) is 14.7 Å². The summed E-state index contributed by atoms with van der Waals surface area (Å²) in [6.07, 6.45) is -1.05. The van der Waals surface area contributed by atoms with Gasteiger partial charge in [-0.2, -0.15) is 0 Å². The number of carbonyl (C=O) groups excluding carboxylic acids is 1. The van der Waals surface area contributed by atoms with Crippen LogP contribution >= 0.6 is 0 Å². The Hall–Kier alpha value is -1.14. The van der Waals surface area contributed by atoms with Crippen LogP contribution in [0.1, 0.15) is 27.2 Å². The van der Waals surface area contributed by atoms with Crippen LogP contribution < -0.4 is 5.73 Å². The maximum absolute atomic E-state index is 11.3. The van der Waals surface area contributed by atoms with Crippen LogP contribution in [0.4, 0.5) is 0 Å². The van der Waals surface area contributed by atoms with E-state index in [0.717, 1.165) is 0 Å². The summed E-state index contributed by atoms with van der Waals surface area (Å²) >= 11 is 0. The summed E-state index contributed by atoms with van der Waals surface area (Å²) < 4.78 is 4.74. The number of carboxylic acids is 1. The maximum atomic E-state index is 11.3. The monoisotopic (exact) mass is 219 g/mol. The highest BCUT2D eigenvalue weighted by atomic mass is 16.5. The topological polar surface area (TPSA) is 110 Å². The summed E-state index contributed by atoms with van der Waals surface area (Å²) in [4.78, 5) is 21.6. The Morgan fingerprint density at radius 2 is 1.93 bits per heavy atom. The Bertz CT molecular complexity index is 245. The molecule has 0 spiro atoms. The van der Waals surface area contributed by atoms with Crippen molar-refractivity contribution in [2.75, 3.05) is 0 Å². The molecule has 0 saturated carbocycles. The van der Waals surface area contributed by atoms with Crippen LogP contribution in [0.3, 0.4) is 0 Å². The van der Waals surface area contributed by atoms with Gasteiger partial charge in [0, 0.05) is 0 Å². The number of ether oxygens (including phenoxy) is 1. The first-order chi connectivity index (χ1) is 6.64. The molecule has 6 heteroatoms. The minimum absolute atomic E-state index is 0.287. The number of carbonyl (C=O) groups is 2. The standard InChI is InChI=1S/C9H17NO5/c1-5(4-6(11)12)15-8(13)7(10)9(2,3)14/h5,7,14H,4,10H2,1-3H3,(H,11,12)/t5?,7-/m1/s1. The van der Waals surface area contributed by atoms with Gasteiger partial charge in [-0.15, -0.1) is 0 Å². The third-order valence-corrected chi connectivity index (χ3v) is 1.79. The van der Waals surface area contributed by atoms with E-state index < -0.39 is 29.7 Å². The molecule has 0 saturated heterocycles. The molecular weight excluding hydrogens is 202 g/mol. The summed E-state index contributed by atoms with van der Waals surface area (Å²) in [6, 6.07) is -1.19. The highest BCUT2D eigenvalue weighted by molar-refractivity contribution is 5.77. The lowest BCUT2D eigenvalue weighted by Crippen LogP contribution is -2.50. The summed E-state index contributed by atoms with van der Waals surface area (Å²) in [6.45, 7) is 4.20. The van der Waals surface area contributed by atoms with Gasteiger partial charge in [0.1, 0.15) is 12.1 Å². The smallest absolute Gasteiger partial charge is 0.326 e. The Morgan fingerprint density at radius 1 is 1.47 bits per heavy atom. The molecule has 0 fully saturated rings. The highest BCUT2D eigenvalue weighted by Crippen LogP contribution is 2.09. The van der Waals surface area contributed by atoms with Crippen LogP contribution in [0, 0.1) is 0 Å². The lowest BCUT2D eigenvalue weighted by molar-refractivity contribution is -0.157. The van der Waals surface area contributed by atoms with E-state index in [1.54, 1.807) is 0 Å². The van der Waals surface area contributed by atoms with Crippen molar-refractivity contribution >= 4 is 11.9 Å². The van der Waals surface area contributed by atoms with E-state index in [4.69, 9.17) is 15.6 Å². The molecule has 15 heavy (non-hydrogen) atoms. The quantitative estimate of drug-likeness (QED) is 0.537. The van der Waals surface area contributed by atoms with Crippen molar-refractivity contribution in [3.63, 3.8) is 0 Å². The van der Waals surface area contributed by atoms with Gasteiger partial charge < -0.3 is 20.7 Å². The second-order valence-electron chi connectivity index (χ2n) is 3.98. The first-order valence-corrected chi connectivity index (χ1v) is 4.55. The molecule has 0 aliphatic carbocycles. The molecule has 0 heterocycles. The van der Waals surface area contributed by atoms with Crippen molar-refractivity contribution in [2.24, 2.45) is 5.73 Å². The fourth-order valence-electron chi connectivity index (χ4n) is 0.848. The van der Waals surface area contributed by atoms with Crippen molar-refractivity contribution < 1.29 is 24.5 Å². The first-order valence-electron chi connectivity index (χ1n) is 4.55. The average Bonchev–Trinajstić information content (AvgIpc) is 1.99. The molecule has 4 N–H and O–H groups in total. The molecule has 0 aliphatic rings. The molecule has 6 nitrogen and oxygen atoms in total. The third-order valence-electron chi connectivity index (χ3n) is 1.79. The van der Waals surface area contributed by atoms with Gasteiger partial charge in [-0.25, -0.2) is 0 Å². The molecule has 0 aromatic rings. The van der Waals surface area contributed by atoms with Gasteiger partial charge in [-0.3, -0.25) is 9.59 Å². The molecule has 0 bridgehead atoms. The first kappa shape index (κ1) is 13.9. The van der Waals surface area contributed by atoms with Crippen molar-refractivity contribution in [2.45, 2.75) is 44.9 Å².